The molecule has 6 nitrogen and oxygen atoms in total. The zero-order chi connectivity index (χ0) is 19.0. The van der Waals surface area contributed by atoms with Crippen LogP contribution in [0.15, 0.2) is 24.3 Å². The predicted molar refractivity (Wildman–Crippen MR) is 106 cm³/mol. The highest BCUT2D eigenvalue weighted by Gasteiger charge is 2.28. The standard InChI is InChI=1S/C21H26N4O2/c1-14-12-16-20(18(26)13-14)15(2)22-21(23-16)25-10-8-24(9-11-25)17-6-4-5-7-19(17)27-3/h4-7,14H,8-13H2,1-3H3/t14-/m1/s1. The summed E-state index contributed by atoms with van der Waals surface area (Å²) in [6, 6.07) is 8.12. The topological polar surface area (TPSA) is 58.6 Å². The molecular weight excluding hydrogens is 340 g/mol. The van der Waals surface area contributed by atoms with Crippen LogP contribution in [0.1, 0.15) is 35.1 Å². The van der Waals surface area contributed by atoms with E-state index in [1.54, 1.807) is 7.11 Å². The van der Waals surface area contributed by atoms with Crippen LogP contribution in [0.5, 0.6) is 5.75 Å². The van der Waals surface area contributed by atoms with Gasteiger partial charge in [0, 0.05) is 32.6 Å². The van der Waals surface area contributed by atoms with Crippen LogP contribution >= 0.6 is 0 Å². The van der Waals surface area contributed by atoms with E-state index in [1.165, 1.54) is 0 Å². The van der Waals surface area contributed by atoms with Gasteiger partial charge in [0.15, 0.2) is 5.78 Å². The molecule has 2 aliphatic rings. The van der Waals surface area contributed by atoms with Gasteiger partial charge >= 0.3 is 0 Å². The molecule has 1 aliphatic heterocycles. The Balaban J connectivity index is 1.53. The fourth-order valence-electron chi connectivity index (χ4n) is 4.13. The molecule has 0 radical (unpaired) electrons. The van der Waals surface area contributed by atoms with Gasteiger partial charge in [-0.15, -0.1) is 0 Å². The maximum Gasteiger partial charge on any atom is 0.225 e. The van der Waals surface area contributed by atoms with Gasteiger partial charge in [-0.3, -0.25) is 4.79 Å². The smallest absolute Gasteiger partial charge is 0.225 e. The average molecular weight is 366 g/mol. The molecule has 6 heteroatoms. The molecule has 0 unspecified atom stereocenters. The largest absolute Gasteiger partial charge is 0.495 e. The number of piperazine rings is 1. The number of hydrogen-bond donors (Lipinski definition) is 0. The summed E-state index contributed by atoms with van der Waals surface area (Å²) in [6.07, 6.45) is 1.47. The summed E-state index contributed by atoms with van der Waals surface area (Å²) >= 11 is 0. The molecule has 1 aromatic heterocycles. The quantitative estimate of drug-likeness (QED) is 0.833. The van der Waals surface area contributed by atoms with Crippen LogP contribution < -0.4 is 14.5 Å². The van der Waals surface area contributed by atoms with Crippen molar-refractivity contribution in [3.05, 3.63) is 41.2 Å². The number of hydrogen-bond acceptors (Lipinski definition) is 6. The van der Waals surface area contributed by atoms with Crippen molar-refractivity contribution in [2.24, 2.45) is 5.92 Å². The lowest BCUT2D eigenvalue weighted by atomic mass is 9.86. The molecule has 1 atom stereocenters. The number of carbonyl (C=O) groups is 1. The first-order valence-corrected chi connectivity index (χ1v) is 9.60. The van der Waals surface area contributed by atoms with Gasteiger partial charge in [0.05, 0.1) is 29.7 Å². The van der Waals surface area contributed by atoms with Crippen LogP contribution in [-0.4, -0.2) is 49.0 Å². The number of ether oxygens (including phenoxy) is 1. The van der Waals surface area contributed by atoms with Crippen LogP contribution in [0.3, 0.4) is 0 Å². The van der Waals surface area contributed by atoms with E-state index in [4.69, 9.17) is 9.72 Å². The summed E-state index contributed by atoms with van der Waals surface area (Å²) in [6.45, 7) is 7.51. The molecule has 142 valence electrons. The molecule has 1 aromatic carbocycles. The lowest BCUT2D eigenvalue weighted by molar-refractivity contribution is 0.0951. The van der Waals surface area contributed by atoms with Crippen LogP contribution in [-0.2, 0) is 6.42 Å². The second kappa shape index (κ2) is 7.18. The number of aryl methyl sites for hydroxylation is 1. The van der Waals surface area contributed by atoms with E-state index in [9.17, 15) is 4.79 Å². The van der Waals surface area contributed by atoms with Gasteiger partial charge in [-0.05, 0) is 31.4 Å². The zero-order valence-corrected chi connectivity index (χ0v) is 16.2. The molecule has 0 spiro atoms. The van der Waals surface area contributed by atoms with Gasteiger partial charge in [0.2, 0.25) is 5.95 Å². The molecule has 2 heterocycles. The summed E-state index contributed by atoms with van der Waals surface area (Å²) in [4.78, 5) is 26.4. The van der Waals surface area contributed by atoms with Gasteiger partial charge in [-0.1, -0.05) is 19.1 Å². The van der Waals surface area contributed by atoms with Gasteiger partial charge in [0.1, 0.15) is 5.75 Å². The SMILES string of the molecule is COc1ccccc1N1CCN(c2nc(C)c3c(n2)C[C@@H](C)CC3=O)CC1. The molecule has 1 saturated heterocycles. The van der Waals surface area contributed by atoms with E-state index in [0.717, 1.165) is 66.9 Å². The summed E-state index contributed by atoms with van der Waals surface area (Å²) in [7, 11) is 1.71. The van der Waals surface area contributed by atoms with Crippen molar-refractivity contribution in [1.82, 2.24) is 9.97 Å². The van der Waals surface area contributed by atoms with Crippen molar-refractivity contribution in [3.8, 4) is 5.75 Å². The van der Waals surface area contributed by atoms with Crippen molar-refractivity contribution in [1.29, 1.82) is 0 Å². The summed E-state index contributed by atoms with van der Waals surface area (Å²) in [5.74, 6) is 2.20. The Bertz CT molecular complexity index is 859. The molecule has 0 bridgehead atoms. The number of ketones is 1. The number of carbonyl (C=O) groups excluding carboxylic acids is 1. The lowest BCUT2D eigenvalue weighted by Gasteiger charge is -2.37. The first kappa shape index (κ1) is 17.8. The van der Waals surface area contributed by atoms with Crippen molar-refractivity contribution < 1.29 is 9.53 Å². The molecule has 1 fully saturated rings. The van der Waals surface area contributed by atoms with E-state index in [0.29, 0.717) is 12.3 Å². The molecule has 0 saturated carbocycles. The first-order chi connectivity index (χ1) is 13.1. The van der Waals surface area contributed by atoms with E-state index >= 15 is 0 Å². The van der Waals surface area contributed by atoms with Crippen LogP contribution in [0.25, 0.3) is 0 Å². The highest BCUT2D eigenvalue weighted by Crippen LogP contribution is 2.30. The van der Waals surface area contributed by atoms with E-state index in [2.05, 4.69) is 27.8 Å². The molecule has 2 aromatic rings. The second-order valence-electron chi connectivity index (χ2n) is 7.51. The Kier molecular flexibility index (Phi) is 4.72. The van der Waals surface area contributed by atoms with Crippen LogP contribution in [0, 0.1) is 12.8 Å². The average Bonchev–Trinajstić information content (AvgIpc) is 2.67. The first-order valence-electron chi connectivity index (χ1n) is 9.60. The Morgan fingerprint density at radius 1 is 1.04 bits per heavy atom. The van der Waals surface area contributed by atoms with Gasteiger partial charge < -0.3 is 14.5 Å². The number of aromatic nitrogens is 2. The molecular formula is C21H26N4O2. The third-order valence-electron chi connectivity index (χ3n) is 5.50. The number of methoxy groups -OCH3 is 1. The molecule has 27 heavy (non-hydrogen) atoms. The molecule has 1 aliphatic carbocycles. The van der Waals surface area contributed by atoms with Crippen molar-refractivity contribution in [2.75, 3.05) is 43.1 Å². The Hall–Kier alpha value is -2.63. The van der Waals surface area contributed by atoms with E-state index in [-0.39, 0.29) is 5.78 Å². The summed E-state index contributed by atoms with van der Waals surface area (Å²) < 4.78 is 5.50. The van der Waals surface area contributed by atoms with E-state index in [1.807, 2.05) is 25.1 Å². The van der Waals surface area contributed by atoms with Gasteiger partial charge in [-0.25, -0.2) is 9.97 Å². The highest BCUT2D eigenvalue weighted by atomic mass is 16.5. The monoisotopic (exact) mass is 366 g/mol. The number of fused-ring (bicyclic) bond motifs is 1. The van der Waals surface area contributed by atoms with Crippen molar-refractivity contribution in [3.63, 3.8) is 0 Å². The minimum absolute atomic E-state index is 0.189. The van der Waals surface area contributed by atoms with Crippen LogP contribution in [0.2, 0.25) is 0 Å². The Morgan fingerprint density at radius 2 is 1.74 bits per heavy atom. The minimum Gasteiger partial charge on any atom is -0.495 e. The minimum atomic E-state index is 0.189. The third-order valence-corrected chi connectivity index (χ3v) is 5.50. The normalized spacial score (nSPS) is 19.8. The fraction of sp³-hybridized carbons (Fsp3) is 0.476. The maximum atomic E-state index is 12.4. The summed E-state index contributed by atoms with van der Waals surface area (Å²) in [5.41, 5.74) is 3.62. The Morgan fingerprint density at radius 3 is 2.48 bits per heavy atom. The van der Waals surface area contributed by atoms with Crippen molar-refractivity contribution >= 4 is 17.4 Å². The summed E-state index contributed by atoms with van der Waals surface area (Å²) in [5, 5.41) is 0. The van der Waals surface area contributed by atoms with Gasteiger partial charge in [0.25, 0.3) is 0 Å². The lowest BCUT2D eigenvalue weighted by Crippen LogP contribution is -2.47. The number of rotatable bonds is 3. The maximum absolute atomic E-state index is 12.4. The molecule has 4 rings (SSSR count). The van der Waals surface area contributed by atoms with E-state index < -0.39 is 0 Å². The molecule has 0 amide bonds. The number of anilines is 2. The van der Waals surface area contributed by atoms with Crippen LogP contribution in [0.4, 0.5) is 11.6 Å². The number of nitrogens with zero attached hydrogens (tertiary/aromatic N) is 4. The predicted octanol–water partition coefficient (Wildman–Crippen LogP) is 2.89. The number of Topliss-reactive ketones (excluding diaryl/α,β-unsaturated/α-hetero) is 1. The fourth-order valence-corrected chi connectivity index (χ4v) is 4.13. The Labute approximate surface area is 160 Å². The molecule has 0 N–H and O–H groups in total. The second-order valence-corrected chi connectivity index (χ2v) is 7.51. The van der Waals surface area contributed by atoms with Gasteiger partial charge in [-0.2, -0.15) is 0 Å². The number of benzene rings is 1. The van der Waals surface area contributed by atoms with Crippen molar-refractivity contribution in [2.45, 2.75) is 26.7 Å². The zero-order valence-electron chi connectivity index (χ0n) is 16.2. The highest BCUT2D eigenvalue weighted by molar-refractivity contribution is 5.99. The number of para-hydroxylation sites is 2. The third kappa shape index (κ3) is 3.36.